The lowest BCUT2D eigenvalue weighted by atomic mass is 10.00. The van der Waals surface area contributed by atoms with Gasteiger partial charge in [-0.2, -0.15) is 0 Å². The Hall–Kier alpha value is -1.51. The molecule has 0 bridgehead atoms. The molecule has 0 aromatic heterocycles. The first-order valence-corrected chi connectivity index (χ1v) is 6.76. The zero-order valence-corrected chi connectivity index (χ0v) is 12.2. The first-order chi connectivity index (χ1) is 11.1. The fourth-order valence-corrected chi connectivity index (χ4v) is 1.90. The lowest BCUT2D eigenvalue weighted by Gasteiger charge is -2.37. The minimum Gasteiger partial charge on any atom is -0.505 e. The molecule has 2 heterocycles. The fourth-order valence-electron chi connectivity index (χ4n) is 1.90. The van der Waals surface area contributed by atoms with Crippen LogP contribution in [0.1, 0.15) is 0 Å². The number of aliphatic hydroxyl groups excluding tert-OH is 9. The van der Waals surface area contributed by atoms with E-state index in [1.807, 2.05) is 0 Å². The van der Waals surface area contributed by atoms with E-state index in [-0.39, 0.29) is 0 Å². The Morgan fingerprint density at radius 2 is 1.58 bits per heavy atom. The second kappa shape index (κ2) is 8.55. The van der Waals surface area contributed by atoms with Gasteiger partial charge in [0.15, 0.2) is 18.2 Å². The number of aliphatic hydroxyl groups is 9. The minimum atomic E-state index is -1.57. The van der Waals surface area contributed by atoms with Gasteiger partial charge in [0.2, 0.25) is 5.76 Å². The SMILES string of the molecule is O=C1O[C@H]([C@@H](O)CO)C(O)=C1O.OC[C@H]1O[C@H](O)[C@H](O)[C@@H](O)[C@H]1O. The summed E-state index contributed by atoms with van der Waals surface area (Å²) >= 11 is 0. The van der Waals surface area contributed by atoms with Gasteiger partial charge in [0.25, 0.3) is 0 Å². The summed E-state index contributed by atoms with van der Waals surface area (Å²) in [6.07, 6.45) is -9.82. The van der Waals surface area contributed by atoms with Crippen LogP contribution < -0.4 is 0 Å². The van der Waals surface area contributed by atoms with Gasteiger partial charge in [-0.05, 0) is 0 Å². The van der Waals surface area contributed by atoms with E-state index in [2.05, 4.69) is 9.47 Å². The van der Waals surface area contributed by atoms with Gasteiger partial charge >= 0.3 is 5.97 Å². The normalized spacial score (nSPS) is 37.5. The third kappa shape index (κ3) is 4.31. The second-order valence-electron chi connectivity index (χ2n) is 5.03. The molecule has 1 saturated heterocycles. The summed E-state index contributed by atoms with van der Waals surface area (Å²) in [4.78, 5) is 10.5. The first kappa shape index (κ1) is 20.5. The Kier molecular flexibility index (Phi) is 7.31. The summed E-state index contributed by atoms with van der Waals surface area (Å²) in [6.45, 7) is -1.20. The number of esters is 1. The van der Waals surface area contributed by atoms with Crippen molar-refractivity contribution in [3.63, 3.8) is 0 Å². The molecule has 0 unspecified atom stereocenters. The topological polar surface area (TPSA) is 218 Å². The Labute approximate surface area is 135 Å². The van der Waals surface area contributed by atoms with Gasteiger partial charge < -0.3 is 55.4 Å². The number of ether oxygens (including phenoxy) is 2. The molecule has 24 heavy (non-hydrogen) atoms. The van der Waals surface area contributed by atoms with Gasteiger partial charge in [-0.3, -0.25) is 0 Å². The van der Waals surface area contributed by atoms with Gasteiger partial charge in [-0.15, -0.1) is 0 Å². The summed E-state index contributed by atoms with van der Waals surface area (Å²) in [7, 11) is 0. The van der Waals surface area contributed by atoms with Crippen molar-refractivity contribution in [2.24, 2.45) is 0 Å². The molecule has 0 radical (unpaired) electrons. The third-order valence-electron chi connectivity index (χ3n) is 3.34. The lowest BCUT2D eigenvalue weighted by Crippen LogP contribution is -2.58. The largest absolute Gasteiger partial charge is 0.505 e. The molecule has 0 aromatic rings. The zero-order valence-electron chi connectivity index (χ0n) is 12.2. The molecule has 0 spiro atoms. The highest BCUT2D eigenvalue weighted by atomic mass is 16.6. The monoisotopic (exact) mass is 356 g/mol. The fraction of sp³-hybridized carbons (Fsp3) is 0.750. The Morgan fingerprint density at radius 1 is 1.00 bits per heavy atom. The smallest absolute Gasteiger partial charge is 0.377 e. The van der Waals surface area contributed by atoms with Crippen molar-refractivity contribution in [1.82, 2.24) is 0 Å². The van der Waals surface area contributed by atoms with Crippen molar-refractivity contribution >= 4 is 5.97 Å². The number of carbonyl (C=O) groups is 1. The van der Waals surface area contributed by atoms with E-state index in [9.17, 15) is 4.79 Å². The van der Waals surface area contributed by atoms with Crippen molar-refractivity contribution in [2.75, 3.05) is 13.2 Å². The van der Waals surface area contributed by atoms with Crippen LogP contribution in [0.3, 0.4) is 0 Å². The molecule has 12 nitrogen and oxygen atoms in total. The number of hydrogen-bond donors (Lipinski definition) is 9. The molecule has 140 valence electrons. The number of rotatable bonds is 3. The van der Waals surface area contributed by atoms with Crippen LogP contribution in [0, 0.1) is 0 Å². The quantitative estimate of drug-likeness (QED) is 0.218. The van der Waals surface area contributed by atoms with Crippen LogP contribution in [0.2, 0.25) is 0 Å². The molecule has 1 fully saturated rings. The van der Waals surface area contributed by atoms with Crippen molar-refractivity contribution in [3.05, 3.63) is 11.5 Å². The molecule has 12 heteroatoms. The van der Waals surface area contributed by atoms with E-state index in [1.54, 1.807) is 0 Å². The summed E-state index contributed by atoms with van der Waals surface area (Å²) in [5.41, 5.74) is 0. The van der Waals surface area contributed by atoms with E-state index in [1.165, 1.54) is 0 Å². The molecule has 7 atom stereocenters. The summed E-state index contributed by atoms with van der Waals surface area (Å²) in [5.74, 6) is -2.78. The molecule has 2 aliphatic heterocycles. The van der Waals surface area contributed by atoms with Crippen LogP contribution in [0.15, 0.2) is 11.5 Å². The Bertz CT molecular complexity index is 460. The second-order valence-corrected chi connectivity index (χ2v) is 5.03. The molecule has 0 aliphatic carbocycles. The van der Waals surface area contributed by atoms with Gasteiger partial charge in [0.1, 0.15) is 30.5 Å². The van der Waals surface area contributed by atoms with Crippen molar-refractivity contribution < 1.29 is 60.2 Å². The van der Waals surface area contributed by atoms with E-state index in [0.29, 0.717) is 0 Å². The van der Waals surface area contributed by atoms with Crippen LogP contribution in [-0.4, -0.2) is 108 Å². The van der Waals surface area contributed by atoms with Crippen molar-refractivity contribution in [3.8, 4) is 0 Å². The van der Waals surface area contributed by atoms with Gasteiger partial charge in [0.05, 0.1) is 13.2 Å². The molecule has 0 aromatic carbocycles. The minimum absolute atomic E-state index is 0.526. The van der Waals surface area contributed by atoms with Crippen molar-refractivity contribution in [2.45, 2.75) is 42.9 Å². The third-order valence-corrected chi connectivity index (χ3v) is 3.34. The standard InChI is InChI=1S/C6H8O6.C6H12O6/c7-1-2(8)5-3(9)4(10)6(11)12-5;7-1-2-3(8)4(9)5(10)6(11)12-2/h2,5,7-10H,1H2;2-11H,1H2/t2-,5+;2-,3+,4+,5-,6+/m01/s1. The molecule has 0 saturated carbocycles. The molecule has 2 aliphatic rings. The predicted molar refractivity (Wildman–Crippen MR) is 71.2 cm³/mol. The zero-order chi connectivity index (χ0) is 18.6. The van der Waals surface area contributed by atoms with Crippen molar-refractivity contribution in [1.29, 1.82) is 0 Å². The average Bonchev–Trinajstić information content (AvgIpc) is 2.83. The van der Waals surface area contributed by atoms with Crippen LogP contribution in [0.5, 0.6) is 0 Å². The average molecular weight is 356 g/mol. The highest BCUT2D eigenvalue weighted by molar-refractivity contribution is 5.89. The molecular formula is C12H20O12. The maximum absolute atomic E-state index is 10.5. The number of carbonyl (C=O) groups excluding carboxylic acids is 1. The Balaban J connectivity index is 0.000000240. The lowest BCUT2D eigenvalue weighted by molar-refractivity contribution is -0.286. The van der Waals surface area contributed by atoms with E-state index in [0.717, 1.165) is 0 Å². The van der Waals surface area contributed by atoms with Crippen LogP contribution in [0.4, 0.5) is 0 Å². The van der Waals surface area contributed by atoms with E-state index < -0.39 is 73.6 Å². The molecule has 0 amide bonds. The predicted octanol–water partition coefficient (Wildman–Crippen LogP) is -4.63. The molecular weight excluding hydrogens is 336 g/mol. The van der Waals surface area contributed by atoms with Gasteiger partial charge in [-0.1, -0.05) is 0 Å². The first-order valence-electron chi connectivity index (χ1n) is 6.76. The molecule has 2 rings (SSSR count). The highest BCUT2D eigenvalue weighted by Crippen LogP contribution is 2.21. The van der Waals surface area contributed by atoms with Crippen LogP contribution in [-0.2, 0) is 14.3 Å². The number of hydrogen-bond acceptors (Lipinski definition) is 12. The summed E-state index contributed by atoms with van der Waals surface area (Å²) in [6, 6.07) is 0. The van der Waals surface area contributed by atoms with Crippen LogP contribution >= 0.6 is 0 Å². The summed E-state index contributed by atoms with van der Waals surface area (Å²) in [5, 5.41) is 79.7. The van der Waals surface area contributed by atoms with Gasteiger partial charge in [0, 0.05) is 0 Å². The van der Waals surface area contributed by atoms with Crippen LogP contribution in [0.25, 0.3) is 0 Å². The molecule has 9 N–H and O–H groups in total. The summed E-state index contributed by atoms with van der Waals surface area (Å²) < 4.78 is 8.89. The van der Waals surface area contributed by atoms with Gasteiger partial charge in [-0.25, -0.2) is 4.79 Å². The maximum atomic E-state index is 10.5. The van der Waals surface area contributed by atoms with E-state index >= 15 is 0 Å². The Morgan fingerprint density at radius 3 is 2.00 bits per heavy atom. The van der Waals surface area contributed by atoms with E-state index in [4.69, 9.17) is 46.0 Å². The number of cyclic esters (lactones) is 1. The highest BCUT2D eigenvalue weighted by Gasteiger charge is 2.42. The maximum Gasteiger partial charge on any atom is 0.377 e.